The van der Waals surface area contributed by atoms with E-state index in [1.165, 1.54) is 0 Å². The maximum Gasteiger partial charge on any atom is 0.333 e. The Kier molecular flexibility index (Phi) is 4.44. The smallest absolute Gasteiger partial charge is 0.333 e. The number of nitro groups is 1. The van der Waals surface area contributed by atoms with Gasteiger partial charge in [0.2, 0.25) is 0 Å². The van der Waals surface area contributed by atoms with Gasteiger partial charge >= 0.3 is 5.69 Å². The number of nitrogens with zero attached hydrogens (tertiary/aromatic N) is 1. The van der Waals surface area contributed by atoms with Crippen LogP contribution in [0.1, 0.15) is 26.7 Å². The van der Waals surface area contributed by atoms with Gasteiger partial charge in [0.25, 0.3) is 0 Å². The van der Waals surface area contributed by atoms with Crippen molar-refractivity contribution in [3.8, 4) is 5.75 Å². The lowest BCUT2D eigenvalue weighted by Gasteiger charge is -2.32. The van der Waals surface area contributed by atoms with Crippen molar-refractivity contribution >= 4 is 11.4 Å². The molecule has 1 saturated heterocycles. The largest absolute Gasteiger partial charge is 0.483 e. The number of para-hydroxylation sites is 1. The van der Waals surface area contributed by atoms with Crippen LogP contribution >= 0.6 is 0 Å². The fraction of sp³-hybridized carbons (Fsp3) is 0.571. The van der Waals surface area contributed by atoms with Crippen molar-refractivity contribution in [2.45, 2.75) is 45.0 Å². The van der Waals surface area contributed by atoms with E-state index in [4.69, 9.17) is 9.47 Å². The number of ether oxygens (including phenoxy) is 2. The summed E-state index contributed by atoms with van der Waals surface area (Å²) in [5.41, 5.74) is 0.447. The summed E-state index contributed by atoms with van der Waals surface area (Å²) in [5, 5.41) is 14.1. The van der Waals surface area contributed by atoms with E-state index in [-0.39, 0.29) is 24.0 Å². The summed E-state index contributed by atoms with van der Waals surface area (Å²) in [4.78, 5) is 10.8. The third-order valence-electron chi connectivity index (χ3n) is 3.40. The first-order valence-corrected chi connectivity index (χ1v) is 6.78. The summed E-state index contributed by atoms with van der Waals surface area (Å²) < 4.78 is 11.5. The molecule has 0 bridgehead atoms. The molecule has 6 nitrogen and oxygen atoms in total. The Balaban J connectivity index is 2.22. The first kappa shape index (κ1) is 14.6. The van der Waals surface area contributed by atoms with Crippen molar-refractivity contribution in [2.24, 2.45) is 0 Å². The summed E-state index contributed by atoms with van der Waals surface area (Å²) >= 11 is 0. The van der Waals surface area contributed by atoms with Gasteiger partial charge < -0.3 is 14.8 Å². The number of anilines is 1. The lowest BCUT2D eigenvalue weighted by atomic mass is 10.0. The molecular weight excluding hydrogens is 260 g/mol. The summed E-state index contributed by atoms with van der Waals surface area (Å²) in [6, 6.07) is 5.06. The van der Waals surface area contributed by atoms with Crippen LogP contribution in [0.3, 0.4) is 0 Å². The van der Waals surface area contributed by atoms with Gasteiger partial charge in [-0.3, -0.25) is 10.1 Å². The van der Waals surface area contributed by atoms with E-state index in [1.807, 2.05) is 13.8 Å². The van der Waals surface area contributed by atoms with Crippen LogP contribution in [0.4, 0.5) is 11.4 Å². The molecule has 1 aliphatic rings. The molecule has 2 atom stereocenters. The van der Waals surface area contributed by atoms with Crippen LogP contribution in [-0.2, 0) is 4.74 Å². The van der Waals surface area contributed by atoms with Gasteiger partial charge in [0.15, 0.2) is 5.75 Å². The Morgan fingerprint density at radius 1 is 1.35 bits per heavy atom. The van der Waals surface area contributed by atoms with Gasteiger partial charge in [0, 0.05) is 19.9 Å². The molecule has 0 spiro atoms. The van der Waals surface area contributed by atoms with Crippen LogP contribution in [0.25, 0.3) is 0 Å². The minimum Gasteiger partial charge on any atom is -0.483 e. The summed E-state index contributed by atoms with van der Waals surface area (Å²) in [6.07, 6.45) is 1.64. The molecule has 1 N–H and O–H groups in total. The number of nitrogens with one attached hydrogen (secondary N) is 1. The van der Waals surface area contributed by atoms with Gasteiger partial charge in [-0.05, 0) is 26.0 Å². The molecule has 1 aliphatic heterocycles. The molecule has 0 aliphatic carbocycles. The minimum atomic E-state index is -0.409. The molecule has 20 heavy (non-hydrogen) atoms. The summed E-state index contributed by atoms with van der Waals surface area (Å²) in [6.45, 7) is 3.98. The Bertz CT molecular complexity index is 482. The molecule has 2 rings (SSSR count). The predicted molar refractivity (Wildman–Crippen MR) is 76.3 cm³/mol. The Morgan fingerprint density at radius 3 is 2.55 bits per heavy atom. The highest BCUT2D eigenvalue weighted by Gasteiger charge is 2.29. The van der Waals surface area contributed by atoms with Gasteiger partial charge in [-0.1, -0.05) is 6.07 Å². The lowest BCUT2D eigenvalue weighted by Crippen LogP contribution is -2.35. The molecular formula is C14H20N2O4. The standard InChI is InChI=1S/C14H20N2O4/c1-9-7-11(8-10(2)19-9)20-13-6-4-5-12(15-3)14(13)16(17)18/h4-6,9-11,15H,7-8H2,1-3H3. The fourth-order valence-corrected chi connectivity index (χ4v) is 2.63. The highest BCUT2D eigenvalue weighted by Crippen LogP contribution is 2.36. The first-order chi connectivity index (χ1) is 9.51. The SMILES string of the molecule is CNc1cccc(OC2CC(C)OC(C)C2)c1[N+](=O)[O-]. The van der Waals surface area contributed by atoms with Crippen molar-refractivity contribution in [1.29, 1.82) is 0 Å². The highest BCUT2D eigenvalue weighted by atomic mass is 16.6. The topological polar surface area (TPSA) is 73.6 Å². The Hall–Kier alpha value is -1.82. The third-order valence-corrected chi connectivity index (χ3v) is 3.40. The highest BCUT2D eigenvalue weighted by molar-refractivity contribution is 5.68. The lowest BCUT2D eigenvalue weighted by molar-refractivity contribution is -0.385. The van der Waals surface area contributed by atoms with E-state index < -0.39 is 4.92 Å². The molecule has 1 fully saturated rings. The van der Waals surface area contributed by atoms with E-state index in [0.29, 0.717) is 11.4 Å². The van der Waals surface area contributed by atoms with Crippen molar-refractivity contribution in [1.82, 2.24) is 0 Å². The molecule has 0 saturated carbocycles. The van der Waals surface area contributed by atoms with Crippen LogP contribution < -0.4 is 10.1 Å². The molecule has 0 amide bonds. The molecule has 2 unspecified atom stereocenters. The maximum absolute atomic E-state index is 11.2. The van der Waals surface area contributed by atoms with Crippen LogP contribution in [0.5, 0.6) is 5.75 Å². The van der Waals surface area contributed by atoms with E-state index >= 15 is 0 Å². The molecule has 0 radical (unpaired) electrons. The predicted octanol–water partition coefficient (Wildman–Crippen LogP) is 2.97. The summed E-state index contributed by atoms with van der Waals surface area (Å²) in [5.74, 6) is 0.313. The van der Waals surface area contributed by atoms with Gasteiger partial charge in [0.05, 0.1) is 17.1 Å². The van der Waals surface area contributed by atoms with E-state index in [1.54, 1.807) is 25.2 Å². The molecule has 1 aromatic rings. The number of hydrogen-bond donors (Lipinski definition) is 1. The number of rotatable bonds is 4. The average Bonchev–Trinajstić information content (AvgIpc) is 2.36. The molecule has 1 heterocycles. The van der Waals surface area contributed by atoms with E-state index in [0.717, 1.165) is 12.8 Å². The zero-order chi connectivity index (χ0) is 14.7. The van der Waals surface area contributed by atoms with Crippen LogP contribution in [0.2, 0.25) is 0 Å². The average molecular weight is 280 g/mol. The Labute approximate surface area is 118 Å². The second-order valence-corrected chi connectivity index (χ2v) is 5.13. The summed E-state index contributed by atoms with van der Waals surface area (Å²) in [7, 11) is 1.66. The van der Waals surface area contributed by atoms with Crippen LogP contribution in [-0.4, -0.2) is 30.3 Å². The number of nitro benzene ring substituents is 1. The van der Waals surface area contributed by atoms with Crippen molar-refractivity contribution in [3.63, 3.8) is 0 Å². The number of benzene rings is 1. The Morgan fingerprint density at radius 2 is 2.00 bits per heavy atom. The monoisotopic (exact) mass is 280 g/mol. The molecule has 110 valence electrons. The molecule has 6 heteroatoms. The van der Waals surface area contributed by atoms with Crippen molar-refractivity contribution in [2.75, 3.05) is 12.4 Å². The number of hydrogen-bond acceptors (Lipinski definition) is 5. The second kappa shape index (κ2) is 6.09. The fourth-order valence-electron chi connectivity index (χ4n) is 2.63. The zero-order valence-electron chi connectivity index (χ0n) is 12.0. The zero-order valence-corrected chi connectivity index (χ0v) is 12.0. The molecule has 1 aromatic carbocycles. The quantitative estimate of drug-likeness (QED) is 0.678. The van der Waals surface area contributed by atoms with Gasteiger partial charge in [-0.25, -0.2) is 0 Å². The maximum atomic E-state index is 11.2. The first-order valence-electron chi connectivity index (χ1n) is 6.78. The second-order valence-electron chi connectivity index (χ2n) is 5.13. The van der Waals surface area contributed by atoms with Crippen molar-refractivity contribution in [3.05, 3.63) is 28.3 Å². The van der Waals surface area contributed by atoms with Crippen LogP contribution in [0.15, 0.2) is 18.2 Å². The van der Waals surface area contributed by atoms with Crippen LogP contribution in [0, 0.1) is 10.1 Å². The van der Waals surface area contributed by atoms with Crippen molar-refractivity contribution < 1.29 is 14.4 Å². The van der Waals surface area contributed by atoms with Gasteiger partial charge in [-0.15, -0.1) is 0 Å². The van der Waals surface area contributed by atoms with E-state index in [2.05, 4.69) is 5.32 Å². The van der Waals surface area contributed by atoms with Gasteiger partial charge in [-0.2, -0.15) is 0 Å². The molecule has 0 aromatic heterocycles. The minimum absolute atomic E-state index is 0.0122. The van der Waals surface area contributed by atoms with Gasteiger partial charge in [0.1, 0.15) is 11.8 Å². The third kappa shape index (κ3) is 3.19. The normalized spacial score (nSPS) is 26.1. The van der Waals surface area contributed by atoms with E-state index in [9.17, 15) is 10.1 Å².